The van der Waals surface area contributed by atoms with Crippen LogP contribution in [0.4, 0.5) is 10.1 Å². The Labute approximate surface area is 129 Å². The first kappa shape index (κ1) is 15.6. The minimum atomic E-state index is -0.364. The third-order valence-electron chi connectivity index (χ3n) is 3.05. The molecule has 0 aromatic heterocycles. The first-order valence-electron chi connectivity index (χ1n) is 6.87. The summed E-state index contributed by atoms with van der Waals surface area (Å²) < 4.78 is 12.8. The van der Waals surface area contributed by atoms with Crippen LogP contribution in [0.25, 0.3) is 0 Å². The zero-order chi connectivity index (χ0) is 15.9. The zero-order valence-corrected chi connectivity index (χ0v) is 12.6. The summed E-state index contributed by atoms with van der Waals surface area (Å²) in [5, 5.41) is 2.69. The van der Waals surface area contributed by atoms with E-state index in [1.807, 2.05) is 43.3 Å². The number of hydrogen-bond acceptors (Lipinski definition) is 2. The number of nitrogens with zero attached hydrogens (tertiary/aromatic N) is 1. The molecule has 0 aliphatic rings. The van der Waals surface area contributed by atoms with Crippen LogP contribution in [-0.4, -0.2) is 26.5 Å². The van der Waals surface area contributed by atoms with E-state index in [0.29, 0.717) is 5.56 Å². The lowest BCUT2D eigenvalue weighted by Crippen LogP contribution is -2.23. The summed E-state index contributed by atoms with van der Waals surface area (Å²) >= 11 is 0. The maximum Gasteiger partial charge on any atom is 0.252 e. The molecular weight excluding hydrogens is 279 g/mol. The second kappa shape index (κ2) is 7.28. The maximum atomic E-state index is 12.8. The highest BCUT2D eigenvalue weighted by Crippen LogP contribution is 2.16. The Kier molecular flexibility index (Phi) is 5.16. The standard InChI is InChI=1S/C18H17FN2O/c1-21(2)17-8-4-3-6-14(17)7-5-13-20-18(22)15-9-11-16(19)12-10-15/h3-4,6,8-12H,13H2,1-2H3,(H,20,22). The van der Waals surface area contributed by atoms with E-state index in [1.54, 1.807) is 0 Å². The van der Waals surface area contributed by atoms with Crippen LogP contribution in [0.2, 0.25) is 0 Å². The largest absolute Gasteiger partial charge is 0.377 e. The van der Waals surface area contributed by atoms with Crippen LogP contribution in [0.3, 0.4) is 0 Å². The molecule has 0 bridgehead atoms. The summed E-state index contributed by atoms with van der Waals surface area (Å²) in [5.41, 5.74) is 2.35. The van der Waals surface area contributed by atoms with Crippen molar-refractivity contribution in [2.24, 2.45) is 0 Å². The molecule has 1 N–H and O–H groups in total. The summed E-state index contributed by atoms with van der Waals surface area (Å²) in [6, 6.07) is 13.2. The second-order valence-electron chi connectivity index (χ2n) is 4.90. The molecule has 0 fully saturated rings. The molecular formula is C18H17FN2O. The van der Waals surface area contributed by atoms with Crippen molar-refractivity contribution in [1.82, 2.24) is 5.32 Å². The van der Waals surface area contributed by atoms with E-state index in [1.165, 1.54) is 24.3 Å². The van der Waals surface area contributed by atoms with E-state index in [2.05, 4.69) is 17.2 Å². The first-order valence-corrected chi connectivity index (χ1v) is 6.87. The summed E-state index contributed by atoms with van der Waals surface area (Å²) in [7, 11) is 3.91. The smallest absolute Gasteiger partial charge is 0.252 e. The fraction of sp³-hybridized carbons (Fsp3) is 0.167. The monoisotopic (exact) mass is 296 g/mol. The fourth-order valence-electron chi connectivity index (χ4n) is 1.94. The van der Waals surface area contributed by atoms with Crippen molar-refractivity contribution in [2.75, 3.05) is 25.5 Å². The fourth-order valence-corrected chi connectivity index (χ4v) is 1.94. The number of benzene rings is 2. The van der Waals surface area contributed by atoms with E-state index in [0.717, 1.165) is 11.3 Å². The van der Waals surface area contributed by atoms with Crippen molar-refractivity contribution >= 4 is 11.6 Å². The number of carbonyl (C=O) groups is 1. The van der Waals surface area contributed by atoms with Gasteiger partial charge in [0.15, 0.2) is 0 Å². The Bertz CT molecular complexity index is 712. The zero-order valence-electron chi connectivity index (χ0n) is 12.6. The van der Waals surface area contributed by atoms with Gasteiger partial charge in [0.05, 0.1) is 12.2 Å². The van der Waals surface area contributed by atoms with Gasteiger partial charge in [-0.05, 0) is 36.4 Å². The van der Waals surface area contributed by atoms with Crippen LogP contribution < -0.4 is 10.2 Å². The van der Waals surface area contributed by atoms with E-state index in [9.17, 15) is 9.18 Å². The van der Waals surface area contributed by atoms with Crippen molar-refractivity contribution < 1.29 is 9.18 Å². The van der Waals surface area contributed by atoms with E-state index in [4.69, 9.17) is 0 Å². The molecule has 0 saturated heterocycles. The SMILES string of the molecule is CN(C)c1ccccc1C#CCNC(=O)c1ccc(F)cc1. The van der Waals surface area contributed by atoms with Gasteiger partial charge < -0.3 is 10.2 Å². The Morgan fingerprint density at radius 2 is 1.82 bits per heavy atom. The summed E-state index contributed by atoms with van der Waals surface area (Å²) in [6.07, 6.45) is 0. The molecule has 0 spiro atoms. The molecule has 2 aromatic rings. The maximum absolute atomic E-state index is 12.8. The molecule has 0 atom stereocenters. The highest BCUT2D eigenvalue weighted by Gasteiger charge is 2.03. The van der Waals surface area contributed by atoms with Crippen LogP contribution in [0, 0.1) is 17.7 Å². The van der Waals surface area contributed by atoms with Crippen LogP contribution in [0.15, 0.2) is 48.5 Å². The summed E-state index contributed by atoms with van der Waals surface area (Å²) in [6.45, 7) is 0.234. The third kappa shape index (κ3) is 4.10. The topological polar surface area (TPSA) is 32.3 Å². The highest BCUT2D eigenvalue weighted by atomic mass is 19.1. The van der Waals surface area contributed by atoms with Crippen molar-refractivity contribution in [1.29, 1.82) is 0 Å². The molecule has 112 valence electrons. The van der Waals surface area contributed by atoms with Gasteiger partial charge in [0.2, 0.25) is 0 Å². The minimum Gasteiger partial charge on any atom is -0.377 e. The van der Waals surface area contributed by atoms with Gasteiger partial charge in [0, 0.05) is 25.2 Å². The predicted molar refractivity (Wildman–Crippen MR) is 86.4 cm³/mol. The summed E-state index contributed by atoms with van der Waals surface area (Å²) in [5.74, 6) is 5.34. The average Bonchev–Trinajstić information content (AvgIpc) is 2.52. The first-order chi connectivity index (χ1) is 10.6. The van der Waals surface area contributed by atoms with Gasteiger partial charge >= 0.3 is 0 Å². The van der Waals surface area contributed by atoms with E-state index < -0.39 is 0 Å². The molecule has 0 aliphatic heterocycles. The lowest BCUT2D eigenvalue weighted by Gasteiger charge is -2.13. The molecule has 0 heterocycles. The number of rotatable bonds is 3. The number of para-hydroxylation sites is 1. The van der Waals surface area contributed by atoms with E-state index >= 15 is 0 Å². The normalized spacial score (nSPS) is 9.59. The van der Waals surface area contributed by atoms with Crippen LogP contribution in [-0.2, 0) is 0 Å². The van der Waals surface area contributed by atoms with Gasteiger partial charge in [-0.1, -0.05) is 24.0 Å². The predicted octanol–water partition coefficient (Wildman–Crippen LogP) is 2.67. The minimum absolute atomic E-state index is 0.234. The Morgan fingerprint density at radius 3 is 2.50 bits per heavy atom. The second-order valence-corrected chi connectivity index (χ2v) is 4.90. The molecule has 2 aromatic carbocycles. The van der Waals surface area contributed by atoms with Gasteiger partial charge in [0.1, 0.15) is 5.82 Å². The van der Waals surface area contributed by atoms with E-state index in [-0.39, 0.29) is 18.3 Å². The van der Waals surface area contributed by atoms with Gasteiger partial charge in [-0.25, -0.2) is 4.39 Å². The number of anilines is 1. The quantitative estimate of drug-likeness (QED) is 0.883. The average molecular weight is 296 g/mol. The molecule has 0 unspecified atom stereocenters. The number of amides is 1. The third-order valence-corrected chi connectivity index (χ3v) is 3.05. The molecule has 22 heavy (non-hydrogen) atoms. The van der Waals surface area contributed by atoms with Crippen LogP contribution in [0.5, 0.6) is 0 Å². The van der Waals surface area contributed by atoms with Crippen molar-refractivity contribution in [3.05, 3.63) is 65.5 Å². The van der Waals surface area contributed by atoms with Crippen molar-refractivity contribution in [2.45, 2.75) is 0 Å². The molecule has 3 nitrogen and oxygen atoms in total. The van der Waals surface area contributed by atoms with Gasteiger partial charge in [0.25, 0.3) is 5.91 Å². The van der Waals surface area contributed by atoms with Gasteiger partial charge in [-0.2, -0.15) is 0 Å². The lowest BCUT2D eigenvalue weighted by atomic mass is 10.1. The Balaban J connectivity index is 1.97. The number of hydrogen-bond donors (Lipinski definition) is 1. The van der Waals surface area contributed by atoms with Crippen LogP contribution >= 0.6 is 0 Å². The molecule has 0 aliphatic carbocycles. The Hall–Kier alpha value is -2.80. The molecule has 1 amide bonds. The van der Waals surface area contributed by atoms with Gasteiger partial charge in [-0.3, -0.25) is 4.79 Å². The number of carbonyl (C=O) groups excluding carboxylic acids is 1. The van der Waals surface area contributed by atoms with Crippen molar-refractivity contribution in [3.8, 4) is 11.8 Å². The number of nitrogens with one attached hydrogen (secondary N) is 1. The van der Waals surface area contributed by atoms with Crippen molar-refractivity contribution in [3.63, 3.8) is 0 Å². The lowest BCUT2D eigenvalue weighted by molar-refractivity contribution is 0.0958. The number of halogens is 1. The van der Waals surface area contributed by atoms with Crippen LogP contribution in [0.1, 0.15) is 15.9 Å². The molecule has 0 saturated carbocycles. The molecule has 0 radical (unpaired) electrons. The highest BCUT2D eigenvalue weighted by molar-refractivity contribution is 5.94. The van der Waals surface area contributed by atoms with Gasteiger partial charge in [-0.15, -0.1) is 0 Å². The summed E-state index contributed by atoms with van der Waals surface area (Å²) in [4.78, 5) is 13.8. The molecule has 4 heteroatoms. The Morgan fingerprint density at radius 1 is 1.14 bits per heavy atom. The molecule has 2 rings (SSSR count).